The van der Waals surface area contributed by atoms with Gasteiger partial charge < -0.3 is 10.00 Å². The molecule has 0 spiro atoms. The van der Waals surface area contributed by atoms with Crippen LogP contribution < -0.4 is 0 Å². The average molecular weight is 371 g/mol. The second-order valence-electron chi connectivity index (χ2n) is 6.82. The summed E-state index contributed by atoms with van der Waals surface area (Å²) in [6, 6.07) is 16.5. The normalized spacial score (nSPS) is 21.8. The lowest BCUT2D eigenvalue weighted by Gasteiger charge is -2.33. The number of rotatable bonds is 7. The molecule has 2 N–H and O–H groups in total. The van der Waals surface area contributed by atoms with E-state index in [0.29, 0.717) is 17.7 Å². The number of nitrogens with zero attached hydrogens (tertiary/aromatic N) is 1. The van der Waals surface area contributed by atoms with E-state index in [1.807, 2.05) is 54.6 Å². The third kappa shape index (κ3) is 3.37. The molecule has 0 fully saturated rings. The van der Waals surface area contributed by atoms with Gasteiger partial charge in [0.1, 0.15) is 5.16 Å². The highest BCUT2D eigenvalue weighted by Gasteiger charge is 2.50. The molecule has 0 amide bonds. The molecule has 3 atom stereocenters. The van der Waals surface area contributed by atoms with Gasteiger partial charge in [0.2, 0.25) is 7.37 Å². The summed E-state index contributed by atoms with van der Waals surface area (Å²) in [5.41, 5.74) is 2.17. The van der Waals surface area contributed by atoms with Gasteiger partial charge in [0.05, 0.1) is 17.8 Å². The highest BCUT2D eigenvalue weighted by atomic mass is 31.2. The Kier molecular flexibility index (Phi) is 5.12. The highest BCUT2D eigenvalue weighted by molar-refractivity contribution is 7.59. The zero-order valence-electron chi connectivity index (χ0n) is 14.6. The Balaban J connectivity index is 2.00. The van der Waals surface area contributed by atoms with Crippen LogP contribution in [0, 0.1) is 5.92 Å². The third-order valence-electron chi connectivity index (χ3n) is 5.03. The standard InChI is InChI=1S/C20H22NO4P/c1-15(19(22)23)11-12-20(14-21-18-10-6-5-9-17(18)20)26(24,25)13-16-7-3-2-4-8-16/h2-10,14-15H,11-13H2,1H3,(H,22,23)(H,24,25). The maximum absolute atomic E-state index is 13.6. The van der Waals surface area contributed by atoms with E-state index < -0.39 is 24.4 Å². The second kappa shape index (κ2) is 7.18. The summed E-state index contributed by atoms with van der Waals surface area (Å²) in [5.74, 6) is -1.50. The van der Waals surface area contributed by atoms with Crippen molar-refractivity contribution < 1.29 is 19.4 Å². The number of benzene rings is 2. The first-order chi connectivity index (χ1) is 12.4. The largest absolute Gasteiger partial charge is 0.481 e. The Morgan fingerprint density at radius 1 is 1.15 bits per heavy atom. The van der Waals surface area contributed by atoms with E-state index in [4.69, 9.17) is 0 Å². The summed E-state index contributed by atoms with van der Waals surface area (Å²) in [4.78, 5) is 26.7. The Hall–Kier alpha value is -2.23. The molecule has 3 rings (SSSR count). The number of para-hydroxylation sites is 1. The zero-order valence-corrected chi connectivity index (χ0v) is 15.5. The van der Waals surface area contributed by atoms with Gasteiger partial charge >= 0.3 is 5.97 Å². The number of carboxylic acid groups (broad SMARTS) is 1. The molecule has 0 bridgehead atoms. The summed E-state index contributed by atoms with van der Waals surface area (Å²) in [6.45, 7) is 1.62. The zero-order chi connectivity index (χ0) is 18.8. The maximum atomic E-state index is 13.6. The van der Waals surface area contributed by atoms with Crippen LogP contribution in [0.25, 0.3) is 0 Å². The van der Waals surface area contributed by atoms with E-state index in [1.165, 1.54) is 0 Å². The number of hydrogen-bond donors (Lipinski definition) is 2. The van der Waals surface area contributed by atoms with Crippen molar-refractivity contribution in [3.05, 3.63) is 65.7 Å². The van der Waals surface area contributed by atoms with Gasteiger partial charge in [-0.1, -0.05) is 55.5 Å². The van der Waals surface area contributed by atoms with E-state index in [1.54, 1.807) is 13.1 Å². The van der Waals surface area contributed by atoms with Gasteiger partial charge in [-0.2, -0.15) is 0 Å². The SMILES string of the molecule is CC(CCC1(P(=O)(O)Cc2ccccc2)C=Nc2ccccc21)C(=O)O. The minimum absolute atomic E-state index is 0.0235. The van der Waals surface area contributed by atoms with Crippen molar-refractivity contribution in [3.8, 4) is 0 Å². The topological polar surface area (TPSA) is 87.0 Å². The molecule has 3 unspecified atom stereocenters. The van der Waals surface area contributed by atoms with Crippen LogP contribution in [0.1, 0.15) is 30.9 Å². The summed E-state index contributed by atoms with van der Waals surface area (Å²) in [5, 5.41) is 8.06. The molecule has 136 valence electrons. The van der Waals surface area contributed by atoms with Crippen LogP contribution in [0.4, 0.5) is 5.69 Å². The van der Waals surface area contributed by atoms with Gasteiger partial charge in [-0.25, -0.2) is 0 Å². The van der Waals surface area contributed by atoms with Gasteiger partial charge in [-0.05, 0) is 30.0 Å². The van der Waals surface area contributed by atoms with Crippen molar-refractivity contribution in [2.75, 3.05) is 0 Å². The second-order valence-corrected chi connectivity index (χ2v) is 9.34. The quantitative estimate of drug-likeness (QED) is 0.698. The van der Waals surface area contributed by atoms with Crippen molar-refractivity contribution in [2.24, 2.45) is 10.9 Å². The van der Waals surface area contributed by atoms with Crippen LogP contribution in [0.2, 0.25) is 0 Å². The highest BCUT2D eigenvalue weighted by Crippen LogP contribution is 2.66. The fourth-order valence-corrected chi connectivity index (χ4v) is 5.65. The third-order valence-corrected chi connectivity index (χ3v) is 7.65. The van der Waals surface area contributed by atoms with Gasteiger partial charge in [-0.15, -0.1) is 0 Å². The molecule has 2 aromatic carbocycles. The predicted octanol–water partition coefficient (Wildman–Crippen LogP) is 4.57. The molecule has 0 saturated carbocycles. The maximum Gasteiger partial charge on any atom is 0.306 e. The first-order valence-corrected chi connectivity index (χ1v) is 10.4. The number of carbonyl (C=O) groups is 1. The molecule has 1 heterocycles. The Labute approximate surface area is 152 Å². The molecular weight excluding hydrogens is 349 g/mol. The number of hydrogen-bond acceptors (Lipinski definition) is 3. The minimum Gasteiger partial charge on any atom is -0.481 e. The molecule has 26 heavy (non-hydrogen) atoms. The molecule has 5 nitrogen and oxygen atoms in total. The van der Waals surface area contributed by atoms with Crippen molar-refractivity contribution in [3.63, 3.8) is 0 Å². The molecule has 1 aliphatic rings. The lowest BCUT2D eigenvalue weighted by Crippen LogP contribution is -2.28. The van der Waals surface area contributed by atoms with Crippen LogP contribution in [0.5, 0.6) is 0 Å². The lowest BCUT2D eigenvalue weighted by molar-refractivity contribution is -0.141. The first-order valence-electron chi connectivity index (χ1n) is 8.59. The van der Waals surface area contributed by atoms with Gasteiger partial charge in [0.25, 0.3) is 0 Å². The summed E-state index contributed by atoms with van der Waals surface area (Å²) in [6.07, 6.45) is 2.15. The molecule has 2 aromatic rings. The van der Waals surface area contributed by atoms with Crippen LogP contribution in [-0.2, 0) is 20.7 Å². The summed E-state index contributed by atoms with van der Waals surface area (Å²) >= 11 is 0. The van der Waals surface area contributed by atoms with E-state index in [2.05, 4.69) is 4.99 Å². The van der Waals surface area contributed by atoms with Crippen molar-refractivity contribution >= 4 is 25.2 Å². The smallest absolute Gasteiger partial charge is 0.306 e. The number of aliphatic carboxylic acids is 1. The molecule has 0 saturated heterocycles. The van der Waals surface area contributed by atoms with E-state index in [0.717, 1.165) is 5.56 Å². The Morgan fingerprint density at radius 3 is 2.50 bits per heavy atom. The van der Waals surface area contributed by atoms with E-state index >= 15 is 0 Å². The predicted molar refractivity (Wildman–Crippen MR) is 102 cm³/mol. The number of fused-ring (bicyclic) bond motifs is 1. The number of carboxylic acids is 1. The number of aliphatic imine (C=N–C) groups is 1. The van der Waals surface area contributed by atoms with Gasteiger partial charge in [0, 0.05) is 6.21 Å². The van der Waals surface area contributed by atoms with Crippen molar-refractivity contribution in [2.45, 2.75) is 31.1 Å². The van der Waals surface area contributed by atoms with Crippen LogP contribution >= 0.6 is 7.37 Å². The minimum atomic E-state index is -3.75. The van der Waals surface area contributed by atoms with Crippen LogP contribution in [0.3, 0.4) is 0 Å². The van der Waals surface area contributed by atoms with E-state index in [9.17, 15) is 19.4 Å². The van der Waals surface area contributed by atoms with Crippen molar-refractivity contribution in [1.29, 1.82) is 0 Å². The molecule has 1 aliphatic heterocycles. The molecule has 0 radical (unpaired) electrons. The van der Waals surface area contributed by atoms with Crippen LogP contribution in [0.15, 0.2) is 59.6 Å². The summed E-state index contributed by atoms with van der Waals surface area (Å²) in [7, 11) is -3.75. The molecular formula is C20H22NO4P. The summed E-state index contributed by atoms with van der Waals surface area (Å²) < 4.78 is 13.6. The molecule has 6 heteroatoms. The Bertz CT molecular complexity index is 880. The molecule has 0 aliphatic carbocycles. The van der Waals surface area contributed by atoms with Gasteiger partial charge in [-0.3, -0.25) is 14.4 Å². The average Bonchev–Trinajstić information content (AvgIpc) is 3.01. The monoisotopic (exact) mass is 371 g/mol. The fourth-order valence-electron chi connectivity index (χ4n) is 3.38. The van der Waals surface area contributed by atoms with Gasteiger partial charge in [0.15, 0.2) is 0 Å². The lowest BCUT2D eigenvalue weighted by atomic mass is 9.91. The molecule has 0 aromatic heterocycles. The van der Waals surface area contributed by atoms with Crippen LogP contribution in [-0.4, -0.2) is 22.2 Å². The van der Waals surface area contributed by atoms with Crippen molar-refractivity contribution in [1.82, 2.24) is 0 Å². The fraction of sp³-hybridized carbons (Fsp3) is 0.300. The Morgan fingerprint density at radius 2 is 1.81 bits per heavy atom. The van der Waals surface area contributed by atoms with E-state index in [-0.39, 0.29) is 12.6 Å². The first kappa shape index (κ1) is 18.6.